The van der Waals surface area contributed by atoms with Crippen molar-refractivity contribution in [3.8, 4) is 6.07 Å². The van der Waals surface area contributed by atoms with Crippen molar-refractivity contribution < 1.29 is 4.79 Å². The van der Waals surface area contributed by atoms with Crippen LogP contribution < -0.4 is 11.1 Å². The highest BCUT2D eigenvalue weighted by atomic mass is 16.2. The van der Waals surface area contributed by atoms with E-state index in [-0.39, 0.29) is 11.3 Å². The molecule has 0 atom stereocenters. The van der Waals surface area contributed by atoms with Gasteiger partial charge in [-0.2, -0.15) is 5.26 Å². The number of rotatable bonds is 4. The van der Waals surface area contributed by atoms with E-state index in [9.17, 15) is 4.79 Å². The molecule has 1 aliphatic carbocycles. The van der Waals surface area contributed by atoms with Crippen LogP contribution in [0.1, 0.15) is 32.3 Å². The first-order valence-corrected chi connectivity index (χ1v) is 6.47. The van der Waals surface area contributed by atoms with E-state index < -0.39 is 5.41 Å². The van der Waals surface area contributed by atoms with Gasteiger partial charge in [0.2, 0.25) is 5.91 Å². The minimum absolute atomic E-state index is 0.00212. The van der Waals surface area contributed by atoms with Crippen LogP contribution in [0.15, 0.2) is 24.3 Å². The van der Waals surface area contributed by atoms with Crippen molar-refractivity contribution in [3.05, 3.63) is 29.8 Å². The number of carbonyl (C=O) groups is 1. The van der Waals surface area contributed by atoms with E-state index in [1.165, 1.54) is 0 Å². The van der Waals surface area contributed by atoms with E-state index in [1.54, 1.807) is 0 Å². The molecule has 2 rings (SSSR count). The average molecular weight is 257 g/mol. The number of anilines is 1. The molecule has 0 spiro atoms. The third kappa shape index (κ3) is 2.61. The standard InChI is InChI=1S/C15H19N3O/c1-14(2,9-16)11-3-5-12(6-4-11)18-13(19)15(10-17)7-8-15/h3-6H,7-8,10,17H2,1-2H3,(H,18,19). The Labute approximate surface area is 113 Å². The number of nitrogens with zero attached hydrogens (tertiary/aromatic N) is 1. The fraction of sp³-hybridized carbons (Fsp3) is 0.467. The van der Waals surface area contributed by atoms with Gasteiger partial charge in [-0.1, -0.05) is 12.1 Å². The molecule has 4 nitrogen and oxygen atoms in total. The largest absolute Gasteiger partial charge is 0.329 e. The number of benzene rings is 1. The van der Waals surface area contributed by atoms with Crippen LogP contribution in [0.4, 0.5) is 5.69 Å². The second-order valence-corrected chi connectivity index (χ2v) is 5.75. The predicted octanol–water partition coefficient (Wildman–Crippen LogP) is 2.17. The van der Waals surface area contributed by atoms with E-state index >= 15 is 0 Å². The van der Waals surface area contributed by atoms with Gasteiger partial charge in [-0.3, -0.25) is 4.79 Å². The predicted molar refractivity (Wildman–Crippen MR) is 74.4 cm³/mol. The first-order valence-electron chi connectivity index (χ1n) is 6.47. The highest BCUT2D eigenvalue weighted by molar-refractivity contribution is 5.97. The molecule has 0 aliphatic heterocycles. The summed E-state index contributed by atoms with van der Waals surface area (Å²) in [4.78, 5) is 12.0. The monoisotopic (exact) mass is 257 g/mol. The molecule has 19 heavy (non-hydrogen) atoms. The summed E-state index contributed by atoms with van der Waals surface area (Å²) in [5, 5.41) is 12.0. The number of amides is 1. The zero-order chi connectivity index (χ0) is 14.1. The van der Waals surface area contributed by atoms with Crippen LogP contribution in [-0.2, 0) is 10.2 Å². The van der Waals surface area contributed by atoms with E-state index in [0.29, 0.717) is 6.54 Å². The number of nitrogens with two attached hydrogens (primary N) is 1. The lowest BCUT2D eigenvalue weighted by atomic mass is 9.86. The van der Waals surface area contributed by atoms with Crippen molar-refractivity contribution in [1.82, 2.24) is 0 Å². The molecule has 3 N–H and O–H groups in total. The van der Waals surface area contributed by atoms with Gasteiger partial charge in [0, 0.05) is 12.2 Å². The molecule has 1 fully saturated rings. The Hall–Kier alpha value is -1.86. The highest BCUT2D eigenvalue weighted by Crippen LogP contribution is 2.45. The minimum atomic E-state index is -0.516. The second-order valence-electron chi connectivity index (χ2n) is 5.75. The maximum absolute atomic E-state index is 12.0. The summed E-state index contributed by atoms with van der Waals surface area (Å²) in [5.74, 6) is 0.00212. The fourth-order valence-electron chi connectivity index (χ4n) is 1.97. The Kier molecular flexibility index (Phi) is 3.34. The van der Waals surface area contributed by atoms with Gasteiger partial charge >= 0.3 is 0 Å². The molecular formula is C15H19N3O. The van der Waals surface area contributed by atoms with Crippen molar-refractivity contribution in [2.24, 2.45) is 11.1 Å². The lowest BCUT2D eigenvalue weighted by molar-refractivity contribution is -0.120. The number of nitriles is 1. The third-order valence-electron chi connectivity index (χ3n) is 3.87. The highest BCUT2D eigenvalue weighted by Gasteiger charge is 2.48. The third-order valence-corrected chi connectivity index (χ3v) is 3.87. The van der Waals surface area contributed by atoms with Crippen LogP contribution in [0, 0.1) is 16.7 Å². The Morgan fingerprint density at radius 1 is 1.42 bits per heavy atom. The van der Waals surface area contributed by atoms with Crippen LogP contribution in [0.2, 0.25) is 0 Å². The summed E-state index contributed by atoms with van der Waals surface area (Å²) in [6.45, 7) is 4.14. The summed E-state index contributed by atoms with van der Waals surface area (Å²) in [5.41, 5.74) is 6.46. The summed E-state index contributed by atoms with van der Waals surface area (Å²) in [6, 6.07) is 9.67. The summed E-state index contributed by atoms with van der Waals surface area (Å²) >= 11 is 0. The number of hydrogen-bond donors (Lipinski definition) is 2. The molecule has 1 aliphatic rings. The molecule has 0 heterocycles. The lowest BCUT2D eigenvalue weighted by Gasteiger charge is -2.17. The first-order chi connectivity index (χ1) is 8.93. The van der Waals surface area contributed by atoms with Crippen molar-refractivity contribution in [2.75, 3.05) is 11.9 Å². The summed E-state index contributed by atoms with van der Waals surface area (Å²) in [6.07, 6.45) is 1.74. The van der Waals surface area contributed by atoms with Crippen LogP contribution in [0.3, 0.4) is 0 Å². The molecule has 1 saturated carbocycles. The van der Waals surface area contributed by atoms with E-state index in [0.717, 1.165) is 24.1 Å². The Morgan fingerprint density at radius 2 is 2.00 bits per heavy atom. The topological polar surface area (TPSA) is 78.9 Å². The molecule has 0 bridgehead atoms. The van der Waals surface area contributed by atoms with Crippen LogP contribution >= 0.6 is 0 Å². The van der Waals surface area contributed by atoms with Gasteiger partial charge in [0.15, 0.2) is 0 Å². The Balaban J connectivity index is 2.08. The van der Waals surface area contributed by atoms with Gasteiger partial charge in [0.1, 0.15) is 0 Å². The zero-order valence-electron chi connectivity index (χ0n) is 11.4. The van der Waals surface area contributed by atoms with Gasteiger partial charge in [-0.25, -0.2) is 0 Å². The van der Waals surface area contributed by atoms with Crippen molar-refractivity contribution >= 4 is 11.6 Å². The average Bonchev–Trinajstić information content (AvgIpc) is 3.20. The van der Waals surface area contributed by atoms with E-state index in [4.69, 9.17) is 11.0 Å². The second kappa shape index (κ2) is 4.67. The maximum atomic E-state index is 12.0. The minimum Gasteiger partial charge on any atom is -0.329 e. The molecular weight excluding hydrogens is 238 g/mol. The van der Waals surface area contributed by atoms with Gasteiger partial charge in [-0.15, -0.1) is 0 Å². The molecule has 0 unspecified atom stereocenters. The summed E-state index contributed by atoms with van der Waals surface area (Å²) < 4.78 is 0. The SMILES string of the molecule is CC(C)(C#N)c1ccc(NC(=O)C2(CN)CC2)cc1. The van der Waals surface area contributed by atoms with Crippen LogP contribution in [0.25, 0.3) is 0 Å². The van der Waals surface area contributed by atoms with E-state index in [1.807, 2.05) is 38.1 Å². The number of nitrogens with one attached hydrogen (secondary N) is 1. The smallest absolute Gasteiger partial charge is 0.231 e. The fourth-order valence-corrected chi connectivity index (χ4v) is 1.97. The van der Waals surface area contributed by atoms with E-state index in [2.05, 4.69) is 11.4 Å². The maximum Gasteiger partial charge on any atom is 0.231 e. The molecule has 1 aromatic carbocycles. The van der Waals surface area contributed by atoms with Crippen LogP contribution in [-0.4, -0.2) is 12.5 Å². The number of hydrogen-bond acceptors (Lipinski definition) is 3. The normalized spacial score (nSPS) is 16.5. The first kappa shape index (κ1) is 13.6. The molecule has 100 valence electrons. The zero-order valence-corrected chi connectivity index (χ0v) is 11.4. The van der Waals surface area contributed by atoms with Gasteiger partial charge in [0.25, 0.3) is 0 Å². The molecule has 1 amide bonds. The van der Waals surface area contributed by atoms with Gasteiger partial charge < -0.3 is 11.1 Å². The molecule has 0 saturated heterocycles. The Bertz CT molecular complexity index is 521. The lowest BCUT2D eigenvalue weighted by Crippen LogP contribution is -2.30. The van der Waals surface area contributed by atoms with Gasteiger partial charge in [0.05, 0.1) is 16.9 Å². The molecule has 0 radical (unpaired) electrons. The molecule has 0 aromatic heterocycles. The number of carbonyl (C=O) groups excluding carboxylic acids is 1. The van der Waals surface area contributed by atoms with Crippen molar-refractivity contribution in [3.63, 3.8) is 0 Å². The van der Waals surface area contributed by atoms with Crippen molar-refractivity contribution in [2.45, 2.75) is 32.1 Å². The quantitative estimate of drug-likeness (QED) is 0.867. The van der Waals surface area contributed by atoms with Crippen LogP contribution in [0.5, 0.6) is 0 Å². The molecule has 1 aromatic rings. The molecule has 4 heteroatoms. The Morgan fingerprint density at radius 3 is 2.42 bits per heavy atom. The summed E-state index contributed by atoms with van der Waals surface area (Å²) in [7, 11) is 0. The van der Waals surface area contributed by atoms with Crippen molar-refractivity contribution in [1.29, 1.82) is 5.26 Å². The van der Waals surface area contributed by atoms with Gasteiger partial charge in [-0.05, 0) is 44.4 Å².